The monoisotopic (exact) mass is 394 g/mol. The van der Waals surface area contributed by atoms with E-state index in [0.717, 1.165) is 16.7 Å². The number of nitrogens with zero attached hydrogens (tertiary/aromatic N) is 2. The third-order valence-electron chi connectivity index (χ3n) is 4.02. The van der Waals surface area contributed by atoms with Gasteiger partial charge < -0.3 is 19.9 Å². The van der Waals surface area contributed by atoms with Crippen molar-refractivity contribution in [1.29, 1.82) is 0 Å². The average molecular weight is 394 g/mol. The molecule has 0 aliphatic heterocycles. The molecule has 0 aliphatic rings. The Balaban J connectivity index is 1.38. The van der Waals surface area contributed by atoms with Gasteiger partial charge in [0.1, 0.15) is 5.75 Å². The highest BCUT2D eigenvalue weighted by molar-refractivity contribution is 5.89. The lowest BCUT2D eigenvalue weighted by molar-refractivity contribution is -0.123. The van der Waals surface area contributed by atoms with Crippen LogP contribution < -0.4 is 15.4 Å². The van der Waals surface area contributed by atoms with Gasteiger partial charge in [-0.1, -0.05) is 46.6 Å². The molecular formula is C21H22N4O4. The molecule has 0 atom stereocenters. The van der Waals surface area contributed by atoms with Gasteiger partial charge in [0, 0.05) is 18.7 Å². The SMILES string of the molecule is Cc1ccc(OCC(=O)NCCNC(=O)c2nc(-c3cccc(C)c3)no2)cc1. The summed E-state index contributed by atoms with van der Waals surface area (Å²) in [7, 11) is 0. The first kappa shape index (κ1) is 20.1. The molecule has 3 aromatic rings. The second-order valence-corrected chi connectivity index (χ2v) is 6.50. The Kier molecular flexibility index (Phi) is 6.57. The fraction of sp³-hybridized carbons (Fsp3) is 0.238. The summed E-state index contributed by atoms with van der Waals surface area (Å²) >= 11 is 0. The average Bonchev–Trinajstić information content (AvgIpc) is 3.21. The molecule has 150 valence electrons. The Bertz CT molecular complexity index is 982. The molecule has 0 spiro atoms. The first-order chi connectivity index (χ1) is 14.0. The van der Waals surface area contributed by atoms with E-state index in [0.29, 0.717) is 11.6 Å². The summed E-state index contributed by atoms with van der Waals surface area (Å²) in [6, 6.07) is 15.0. The van der Waals surface area contributed by atoms with E-state index in [4.69, 9.17) is 9.26 Å². The van der Waals surface area contributed by atoms with Crippen LogP contribution in [-0.2, 0) is 4.79 Å². The molecule has 0 unspecified atom stereocenters. The maximum atomic E-state index is 12.1. The predicted octanol–water partition coefficient (Wildman–Crippen LogP) is 2.28. The number of carbonyl (C=O) groups is 2. The van der Waals surface area contributed by atoms with E-state index in [1.165, 1.54) is 0 Å². The molecule has 2 aromatic carbocycles. The molecule has 0 bridgehead atoms. The maximum absolute atomic E-state index is 12.1. The number of hydrogen-bond acceptors (Lipinski definition) is 6. The van der Waals surface area contributed by atoms with Gasteiger partial charge in [0.25, 0.3) is 5.91 Å². The van der Waals surface area contributed by atoms with Crippen LogP contribution in [0.25, 0.3) is 11.4 Å². The van der Waals surface area contributed by atoms with Gasteiger partial charge in [-0.05, 0) is 32.0 Å². The van der Waals surface area contributed by atoms with Crippen molar-refractivity contribution in [2.75, 3.05) is 19.7 Å². The van der Waals surface area contributed by atoms with E-state index in [1.54, 1.807) is 12.1 Å². The van der Waals surface area contributed by atoms with Crippen molar-refractivity contribution < 1.29 is 18.8 Å². The first-order valence-corrected chi connectivity index (χ1v) is 9.16. The Morgan fingerprint density at radius 2 is 1.76 bits per heavy atom. The molecule has 0 saturated heterocycles. The lowest BCUT2D eigenvalue weighted by Crippen LogP contribution is -2.36. The highest BCUT2D eigenvalue weighted by Gasteiger charge is 2.15. The Hall–Kier alpha value is -3.68. The van der Waals surface area contributed by atoms with Crippen molar-refractivity contribution in [2.45, 2.75) is 13.8 Å². The number of ether oxygens (including phenoxy) is 1. The lowest BCUT2D eigenvalue weighted by atomic mass is 10.1. The van der Waals surface area contributed by atoms with E-state index in [1.807, 2.05) is 50.2 Å². The van der Waals surface area contributed by atoms with Crippen LogP contribution in [0.3, 0.4) is 0 Å². The van der Waals surface area contributed by atoms with E-state index in [2.05, 4.69) is 20.8 Å². The molecule has 2 N–H and O–H groups in total. The molecule has 0 saturated carbocycles. The molecule has 29 heavy (non-hydrogen) atoms. The van der Waals surface area contributed by atoms with Crippen molar-refractivity contribution in [3.63, 3.8) is 0 Å². The summed E-state index contributed by atoms with van der Waals surface area (Å²) in [5.41, 5.74) is 2.94. The van der Waals surface area contributed by atoms with Gasteiger partial charge in [0.15, 0.2) is 6.61 Å². The van der Waals surface area contributed by atoms with Gasteiger partial charge >= 0.3 is 11.8 Å². The summed E-state index contributed by atoms with van der Waals surface area (Å²) in [4.78, 5) is 28.0. The predicted molar refractivity (Wildman–Crippen MR) is 106 cm³/mol. The minimum Gasteiger partial charge on any atom is -0.484 e. The number of hydrogen-bond donors (Lipinski definition) is 2. The van der Waals surface area contributed by atoms with Gasteiger partial charge in [0.05, 0.1) is 0 Å². The molecule has 1 aromatic heterocycles. The molecule has 0 aliphatic carbocycles. The van der Waals surface area contributed by atoms with Crippen LogP contribution in [0.5, 0.6) is 5.75 Å². The summed E-state index contributed by atoms with van der Waals surface area (Å²) in [5.74, 6) is 0.0664. The van der Waals surface area contributed by atoms with Crippen molar-refractivity contribution >= 4 is 11.8 Å². The third kappa shape index (κ3) is 5.90. The van der Waals surface area contributed by atoms with E-state index >= 15 is 0 Å². The van der Waals surface area contributed by atoms with Crippen LogP contribution in [0.15, 0.2) is 53.1 Å². The second kappa shape index (κ2) is 9.50. The van der Waals surface area contributed by atoms with Crippen LogP contribution in [0.4, 0.5) is 0 Å². The van der Waals surface area contributed by atoms with Gasteiger partial charge in [-0.3, -0.25) is 9.59 Å². The summed E-state index contributed by atoms with van der Waals surface area (Å²) in [6.45, 7) is 4.30. The van der Waals surface area contributed by atoms with Gasteiger partial charge in [-0.2, -0.15) is 4.98 Å². The lowest BCUT2D eigenvalue weighted by Gasteiger charge is -2.08. The molecule has 8 nitrogen and oxygen atoms in total. The number of rotatable bonds is 8. The zero-order valence-electron chi connectivity index (χ0n) is 16.3. The molecule has 0 fully saturated rings. The van der Waals surface area contributed by atoms with Gasteiger partial charge in [-0.15, -0.1) is 0 Å². The molecule has 0 radical (unpaired) electrons. The minimum atomic E-state index is -0.499. The molecular weight excluding hydrogens is 372 g/mol. The highest BCUT2D eigenvalue weighted by Crippen LogP contribution is 2.16. The fourth-order valence-electron chi connectivity index (χ4n) is 2.51. The number of aromatic nitrogens is 2. The van der Waals surface area contributed by atoms with Crippen molar-refractivity contribution in [3.8, 4) is 17.1 Å². The number of aryl methyl sites for hydroxylation is 2. The van der Waals surface area contributed by atoms with Crippen LogP contribution in [0.1, 0.15) is 21.8 Å². The fourth-order valence-corrected chi connectivity index (χ4v) is 2.51. The standard InChI is InChI=1S/C21H22N4O4/c1-14-6-8-17(9-7-14)28-13-18(26)22-10-11-23-20(27)21-24-19(25-29-21)16-5-3-4-15(2)12-16/h3-9,12H,10-11,13H2,1-2H3,(H,22,26)(H,23,27). The summed E-state index contributed by atoms with van der Waals surface area (Å²) < 4.78 is 10.4. The van der Waals surface area contributed by atoms with Crippen LogP contribution >= 0.6 is 0 Å². The van der Waals surface area contributed by atoms with Crippen molar-refractivity contribution in [1.82, 2.24) is 20.8 Å². The summed E-state index contributed by atoms with van der Waals surface area (Å²) in [6.07, 6.45) is 0. The quantitative estimate of drug-likeness (QED) is 0.568. The zero-order chi connectivity index (χ0) is 20.6. The van der Waals surface area contributed by atoms with Gasteiger partial charge in [-0.25, -0.2) is 0 Å². The number of carbonyl (C=O) groups excluding carboxylic acids is 2. The van der Waals surface area contributed by atoms with Crippen LogP contribution in [-0.4, -0.2) is 41.7 Å². The Morgan fingerprint density at radius 3 is 2.52 bits per heavy atom. The molecule has 1 heterocycles. The maximum Gasteiger partial charge on any atom is 0.316 e. The van der Waals surface area contributed by atoms with Crippen molar-refractivity contribution in [3.05, 3.63) is 65.5 Å². The molecule has 2 amide bonds. The van der Waals surface area contributed by atoms with E-state index in [9.17, 15) is 9.59 Å². The van der Waals surface area contributed by atoms with Gasteiger partial charge in [0.2, 0.25) is 5.82 Å². The van der Waals surface area contributed by atoms with Crippen LogP contribution in [0, 0.1) is 13.8 Å². The largest absolute Gasteiger partial charge is 0.484 e. The second-order valence-electron chi connectivity index (χ2n) is 6.50. The van der Waals surface area contributed by atoms with Crippen molar-refractivity contribution in [2.24, 2.45) is 0 Å². The third-order valence-corrected chi connectivity index (χ3v) is 4.02. The first-order valence-electron chi connectivity index (χ1n) is 9.16. The zero-order valence-corrected chi connectivity index (χ0v) is 16.3. The molecule has 3 rings (SSSR count). The molecule has 8 heteroatoms. The van der Waals surface area contributed by atoms with E-state index in [-0.39, 0.29) is 31.5 Å². The smallest absolute Gasteiger partial charge is 0.316 e. The minimum absolute atomic E-state index is 0.0967. The highest BCUT2D eigenvalue weighted by atomic mass is 16.5. The number of amides is 2. The van der Waals surface area contributed by atoms with Crippen LogP contribution in [0.2, 0.25) is 0 Å². The Morgan fingerprint density at radius 1 is 1.00 bits per heavy atom. The normalized spacial score (nSPS) is 10.4. The Labute approximate surface area is 168 Å². The summed E-state index contributed by atoms with van der Waals surface area (Å²) in [5, 5.41) is 9.11. The van der Waals surface area contributed by atoms with E-state index < -0.39 is 5.91 Å². The topological polar surface area (TPSA) is 106 Å². The number of benzene rings is 2. The number of nitrogens with one attached hydrogen (secondary N) is 2.